The molecule has 0 fully saturated rings. The van der Waals surface area contributed by atoms with Gasteiger partial charge in [-0.05, 0) is 0 Å². The van der Waals surface area contributed by atoms with E-state index in [0.29, 0.717) is 0 Å². The van der Waals surface area contributed by atoms with Gasteiger partial charge in [-0.1, -0.05) is 0 Å². The molecule has 0 bridgehead atoms. The molecule has 34 valence electrons. The van der Waals surface area contributed by atoms with Crippen molar-refractivity contribution < 1.29 is 19.2 Å². The van der Waals surface area contributed by atoms with Crippen molar-refractivity contribution in [1.82, 2.24) is 0 Å². The van der Waals surface area contributed by atoms with E-state index in [0.717, 1.165) is 0 Å². The predicted molar refractivity (Wildman–Crippen MR) is 12.9 cm³/mol. The van der Waals surface area contributed by atoms with E-state index in [1.165, 1.54) is 0 Å². The summed E-state index contributed by atoms with van der Waals surface area (Å²) >= 11 is 0. The van der Waals surface area contributed by atoms with Crippen LogP contribution in [0.15, 0.2) is 0 Å². The fraction of sp³-hybridized carbons (Fsp3) is 0. The van der Waals surface area contributed by atoms with Gasteiger partial charge in [0.15, 0.2) is 0 Å². The maximum atomic E-state index is 8.58. The van der Waals surface area contributed by atoms with Crippen molar-refractivity contribution in [3.8, 4) is 0 Å². The van der Waals surface area contributed by atoms with Crippen LogP contribution in [0.25, 0.3) is 0 Å². The first-order valence-electron chi connectivity index (χ1n) is 0.816. The van der Waals surface area contributed by atoms with Gasteiger partial charge in [0.05, 0.1) is 0 Å². The maximum Gasteiger partial charge on any atom is -0.426 e. The smallest absolute Gasteiger partial charge is 0.426 e. The summed E-state index contributed by atoms with van der Waals surface area (Å²) in [5, 5.41) is 0. The van der Waals surface area contributed by atoms with E-state index in [-0.39, 0.29) is 26.2 Å². The van der Waals surface area contributed by atoms with E-state index in [1.807, 2.05) is 0 Å². The maximum absolute atomic E-state index is 8.58. The molecule has 0 spiro atoms. The molecule has 4 nitrogen and oxygen atoms in total. The van der Waals surface area contributed by atoms with Crippen molar-refractivity contribution in [3.63, 3.8) is 0 Å². The summed E-state index contributed by atoms with van der Waals surface area (Å²) in [5.41, 5.74) is 0. The van der Waals surface area contributed by atoms with Gasteiger partial charge in [-0.25, -0.2) is 0 Å². The molecule has 0 aromatic carbocycles. The molecule has 0 aliphatic rings. The molecule has 0 aromatic rings. The molecule has 0 heterocycles. The third-order valence-corrected chi connectivity index (χ3v) is 0. The Hall–Kier alpha value is 0.940. The number of hydrogen-bond acceptors (Lipinski definition) is 4. The Bertz CT molecular complexity index is 23.0. The van der Waals surface area contributed by atoms with Gasteiger partial charge >= 0.3 is 26.2 Å². The summed E-state index contributed by atoms with van der Waals surface area (Å²) in [6, 6.07) is 0. The van der Waals surface area contributed by atoms with Crippen molar-refractivity contribution in [1.29, 1.82) is 0 Å². The van der Waals surface area contributed by atoms with Gasteiger partial charge in [0.1, 0.15) is 0 Å². The molecule has 0 rings (SSSR count). The average molecular weight is 302 g/mol. The van der Waals surface area contributed by atoms with Crippen LogP contribution in [0.5, 0.6) is 0 Å². The van der Waals surface area contributed by atoms with Gasteiger partial charge in [0.2, 0.25) is 0 Å². The molecule has 6 heteroatoms. The van der Waals surface area contributed by atoms with Crippen molar-refractivity contribution in [3.05, 3.63) is 0 Å². The third kappa shape index (κ3) is 86.8. The van der Waals surface area contributed by atoms with Crippen molar-refractivity contribution in [2.75, 3.05) is 0 Å². The van der Waals surface area contributed by atoms with Gasteiger partial charge in [0.25, 0.3) is 0 Å². The Morgan fingerprint density at radius 3 is 0.833 bits per heavy atom. The summed E-state index contributed by atoms with van der Waals surface area (Å²) in [4.78, 5) is 34.3. The van der Waals surface area contributed by atoms with E-state index >= 15 is 0 Å². The molecular formula is HBiO4Si. The summed E-state index contributed by atoms with van der Waals surface area (Å²) in [7, 11) is -5.61. The minimum absolute atomic E-state index is 0. The fourth-order valence-corrected chi connectivity index (χ4v) is 0. The van der Waals surface area contributed by atoms with Crippen molar-refractivity contribution >= 4 is 35.3 Å². The molecule has 6 heavy (non-hydrogen) atoms. The zero-order valence-electron chi connectivity index (χ0n) is 2.63. The first-order chi connectivity index (χ1) is 2.00. The quantitative estimate of drug-likeness (QED) is 0.417. The van der Waals surface area contributed by atoms with Crippen LogP contribution in [0, 0.1) is 0 Å². The zero-order chi connectivity index (χ0) is 4.50. The molecule has 0 unspecified atom stereocenters. The normalized spacial score (nSPS) is 10.0. The topological polar surface area (TPSA) is 92.2 Å². The second kappa shape index (κ2) is 3.01. The standard InChI is InChI=1S/Bi.O4Si.H/c;1-5(2,3)4;/q+4;-4;. The van der Waals surface area contributed by atoms with Crippen LogP contribution in [0.2, 0.25) is 0 Å². The van der Waals surface area contributed by atoms with Gasteiger partial charge in [-0.2, -0.15) is 0 Å². The van der Waals surface area contributed by atoms with Crippen LogP contribution < -0.4 is 19.2 Å². The van der Waals surface area contributed by atoms with Gasteiger partial charge in [-0.15, -0.1) is 0 Å². The van der Waals surface area contributed by atoms with Crippen molar-refractivity contribution in [2.45, 2.75) is 0 Å². The SMILES string of the molecule is [BiH+4].[O-][Si]([O-])([O-])[O-]. The average Bonchev–Trinajstić information content (AvgIpc) is 0.722. The summed E-state index contributed by atoms with van der Waals surface area (Å²) in [6.07, 6.45) is 0. The molecule has 0 saturated carbocycles. The second-order valence-corrected chi connectivity index (χ2v) is 1.50. The fourth-order valence-electron chi connectivity index (χ4n) is 0. The third-order valence-electron chi connectivity index (χ3n) is 0. The first kappa shape index (κ1) is 10.0. The Labute approximate surface area is 54.7 Å². The number of rotatable bonds is 0. The van der Waals surface area contributed by atoms with E-state index < -0.39 is 9.05 Å². The molecule has 0 radical (unpaired) electrons. The van der Waals surface area contributed by atoms with Crippen LogP contribution >= 0.6 is 0 Å². The van der Waals surface area contributed by atoms with E-state index in [1.54, 1.807) is 0 Å². The van der Waals surface area contributed by atoms with Crippen molar-refractivity contribution in [2.24, 2.45) is 0 Å². The Balaban J connectivity index is 0. The Kier molecular flexibility index (Phi) is 5.03. The summed E-state index contributed by atoms with van der Waals surface area (Å²) in [5.74, 6) is 0. The molecule has 0 saturated heterocycles. The molecule has 0 aliphatic carbocycles. The second-order valence-electron chi connectivity index (χ2n) is 0.500. The van der Waals surface area contributed by atoms with Gasteiger partial charge in [-0.3, -0.25) is 0 Å². The predicted octanol–water partition coefficient (Wildman–Crippen LogP) is -5.79. The first-order valence-corrected chi connectivity index (χ1v) is 2.45. The summed E-state index contributed by atoms with van der Waals surface area (Å²) in [6.45, 7) is 0. The Morgan fingerprint density at radius 1 is 0.833 bits per heavy atom. The molecule has 0 N–H and O–H groups in total. The number of hydrogen-bond donors (Lipinski definition) is 0. The van der Waals surface area contributed by atoms with Gasteiger partial charge < -0.3 is 28.2 Å². The van der Waals surface area contributed by atoms with E-state index in [9.17, 15) is 0 Å². The molecule has 0 aliphatic heterocycles. The zero-order valence-corrected chi connectivity index (χ0v) is 7.52. The Morgan fingerprint density at radius 2 is 0.833 bits per heavy atom. The van der Waals surface area contributed by atoms with Crippen LogP contribution in [-0.4, -0.2) is 35.3 Å². The van der Waals surface area contributed by atoms with E-state index in [4.69, 9.17) is 19.2 Å². The molecular weight excluding hydrogens is 301 g/mol. The molecule has 0 amide bonds. The van der Waals surface area contributed by atoms with Crippen LogP contribution in [0.1, 0.15) is 0 Å². The van der Waals surface area contributed by atoms with Crippen LogP contribution in [0.3, 0.4) is 0 Å². The minimum atomic E-state index is -5.61. The minimum Gasteiger partial charge on any atom is -0.894 e. The van der Waals surface area contributed by atoms with E-state index in [2.05, 4.69) is 0 Å². The largest absolute Gasteiger partial charge is 0.894 e. The molecule has 0 aromatic heterocycles. The van der Waals surface area contributed by atoms with Crippen LogP contribution in [-0.2, 0) is 0 Å². The van der Waals surface area contributed by atoms with Gasteiger partial charge in [0, 0.05) is 0 Å². The summed E-state index contributed by atoms with van der Waals surface area (Å²) < 4.78 is 0. The van der Waals surface area contributed by atoms with Crippen LogP contribution in [0.4, 0.5) is 0 Å². The molecule has 0 atom stereocenters. The monoisotopic (exact) mass is 302 g/mol.